The van der Waals surface area contributed by atoms with Gasteiger partial charge in [0.05, 0.1) is 24.8 Å². The Hall–Kier alpha value is -3.32. The Labute approximate surface area is 188 Å². The van der Waals surface area contributed by atoms with Crippen LogP contribution in [0.4, 0.5) is 0 Å². The number of ketones is 1. The molecule has 1 saturated heterocycles. The number of carbonyl (C=O) groups excluding carboxylic acids is 2. The van der Waals surface area contributed by atoms with Crippen molar-refractivity contribution in [2.75, 3.05) is 34.3 Å². The van der Waals surface area contributed by atoms with Crippen LogP contribution in [0.25, 0.3) is 5.76 Å². The van der Waals surface area contributed by atoms with Crippen LogP contribution < -0.4 is 9.47 Å². The maximum absolute atomic E-state index is 13.0. The maximum atomic E-state index is 13.0. The molecule has 7 heteroatoms. The molecular formula is C25H30N2O5. The Balaban J connectivity index is 2.07. The van der Waals surface area contributed by atoms with Gasteiger partial charge in [-0.15, -0.1) is 0 Å². The molecule has 1 heterocycles. The first-order valence-corrected chi connectivity index (χ1v) is 10.6. The van der Waals surface area contributed by atoms with E-state index in [0.29, 0.717) is 30.2 Å². The first-order valence-electron chi connectivity index (χ1n) is 10.6. The molecule has 32 heavy (non-hydrogen) atoms. The fourth-order valence-electron chi connectivity index (χ4n) is 3.67. The van der Waals surface area contributed by atoms with Gasteiger partial charge < -0.3 is 24.4 Å². The van der Waals surface area contributed by atoms with Crippen molar-refractivity contribution in [3.63, 3.8) is 0 Å². The van der Waals surface area contributed by atoms with E-state index in [0.717, 1.165) is 5.56 Å². The van der Waals surface area contributed by atoms with Gasteiger partial charge in [-0.05, 0) is 69.9 Å². The molecule has 1 N–H and O–H groups in total. The zero-order valence-electron chi connectivity index (χ0n) is 19.2. The second-order valence-electron chi connectivity index (χ2n) is 8.26. The topological polar surface area (TPSA) is 79.3 Å². The average Bonchev–Trinajstić information content (AvgIpc) is 3.02. The van der Waals surface area contributed by atoms with E-state index in [4.69, 9.17) is 9.47 Å². The Kier molecular flexibility index (Phi) is 7.20. The van der Waals surface area contributed by atoms with Crippen molar-refractivity contribution in [1.82, 2.24) is 9.80 Å². The third kappa shape index (κ3) is 4.94. The standard InChI is InChI=1S/C25H30N2O5/c1-16(2)32-20-12-6-17(7-13-20)22-21(23(28)18-8-10-19(31-5)11-9-18)24(29)25(30)27(22)15-14-26(3)4/h6-13,16,22,28H,14-15H2,1-5H3/t22-/m0/s1. The number of benzene rings is 2. The lowest BCUT2D eigenvalue weighted by Gasteiger charge is -2.26. The van der Waals surface area contributed by atoms with Crippen molar-refractivity contribution in [3.8, 4) is 11.5 Å². The van der Waals surface area contributed by atoms with Gasteiger partial charge in [-0.1, -0.05) is 12.1 Å². The van der Waals surface area contributed by atoms with Crippen molar-refractivity contribution < 1.29 is 24.2 Å². The number of carbonyl (C=O) groups is 2. The van der Waals surface area contributed by atoms with Crippen LogP contribution in [0, 0.1) is 0 Å². The lowest BCUT2D eigenvalue weighted by atomic mass is 9.95. The summed E-state index contributed by atoms with van der Waals surface area (Å²) in [4.78, 5) is 29.4. The highest BCUT2D eigenvalue weighted by Crippen LogP contribution is 2.39. The molecule has 170 valence electrons. The Morgan fingerprint density at radius 3 is 2.16 bits per heavy atom. The molecule has 1 aliphatic rings. The number of Topliss-reactive ketones (excluding diaryl/α,β-unsaturated/α-hetero) is 1. The molecule has 1 aliphatic heterocycles. The maximum Gasteiger partial charge on any atom is 0.295 e. The molecule has 3 rings (SSSR count). The number of rotatable bonds is 8. The summed E-state index contributed by atoms with van der Waals surface area (Å²) in [5.41, 5.74) is 1.26. The number of ether oxygens (including phenoxy) is 2. The second-order valence-corrected chi connectivity index (χ2v) is 8.26. The quantitative estimate of drug-likeness (QED) is 0.386. The van der Waals surface area contributed by atoms with Crippen molar-refractivity contribution in [2.24, 2.45) is 0 Å². The number of likely N-dealkylation sites (tertiary alicyclic amines) is 1. The number of likely N-dealkylation sites (N-methyl/N-ethyl adjacent to an activating group) is 1. The molecule has 1 amide bonds. The minimum atomic E-state index is -0.690. The summed E-state index contributed by atoms with van der Waals surface area (Å²) in [5.74, 6) is -0.181. The lowest BCUT2D eigenvalue weighted by Crippen LogP contribution is -2.35. The van der Waals surface area contributed by atoms with Crippen molar-refractivity contribution >= 4 is 17.4 Å². The van der Waals surface area contributed by atoms with E-state index in [1.807, 2.05) is 57.1 Å². The van der Waals surface area contributed by atoms with Crippen LogP contribution in [0.15, 0.2) is 54.1 Å². The highest BCUT2D eigenvalue weighted by molar-refractivity contribution is 6.46. The van der Waals surface area contributed by atoms with Crippen LogP contribution in [-0.2, 0) is 9.59 Å². The molecule has 0 unspecified atom stereocenters. The van der Waals surface area contributed by atoms with Gasteiger partial charge in [0, 0.05) is 18.7 Å². The summed E-state index contributed by atoms with van der Waals surface area (Å²) < 4.78 is 10.9. The van der Waals surface area contributed by atoms with Gasteiger partial charge in [0.1, 0.15) is 17.3 Å². The molecule has 1 fully saturated rings. The average molecular weight is 439 g/mol. The van der Waals surface area contributed by atoms with E-state index in [1.165, 1.54) is 4.90 Å². The zero-order chi connectivity index (χ0) is 23.4. The number of nitrogens with zero attached hydrogens (tertiary/aromatic N) is 2. The fourth-order valence-corrected chi connectivity index (χ4v) is 3.67. The number of methoxy groups -OCH3 is 1. The van der Waals surface area contributed by atoms with E-state index < -0.39 is 17.7 Å². The summed E-state index contributed by atoms with van der Waals surface area (Å²) in [6.45, 7) is 4.82. The number of amides is 1. The number of hydrogen-bond donors (Lipinski definition) is 1. The van der Waals surface area contributed by atoms with Crippen LogP contribution in [-0.4, -0.2) is 67.0 Å². The molecule has 0 saturated carbocycles. The largest absolute Gasteiger partial charge is 0.507 e. The molecule has 0 aliphatic carbocycles. The Morgan fingerprint density at radius 2 is 1.62 bits per heavy atom. The number of aliphatic hydroxyl groups excluding tert-OH is 1. The van der Waals surface area contributed by atoms with Gasteiger partial charge in [0.2, 0.25) is 0 Å². The molecular weight excluding hydrogens is 408 g/mol. The van der Waals surface area contributed by atoms with Crippen molar-refractivity contribution in [2.45, 2.75) is 26.0 Å². The first-order chi connectivity index (χ1) is 15.2. The van der Waals surface area contributed by atoms with Gasteiger partial charge in [0.15, 0.2) is 0 Å². The molecule has 0 spiro atoms. The third-order valence-electron chi connectivity index (χ3n) is 5.26. The van der Waals surface area contributed by atoms with E-state index in [-0.39, 0.29) is 17.4 Å². The summed E-state index contributed by atoms with van der Waals surface area (Å²) in [5, 5.41) is 11.1. The Bertz CT molecular complexity index is 994. The highest BCUT2D eigenvalue weighted by Gasteiger charge is 2.45. The smallest absolute Gasteiger partial charge is 0.295 e. The SMILES string of the molecule is COc1ccc(C(O)=C2C(=O)C(=O)N(CCN(C)C)[C@H]2c2ccc(OC(C)C)cc2)cc1. The van der Waals surface area contributed by atoms with Crippen LogP contribution in [0.1, 0.15) is 31.0 Å². The molecule has 0 aromatic heterocycles. The van der Waals surface area contributed by atoms with Crippen molar-refractivity contribution in [3.05, 3.63) is 65.2 Å². The molecule has 2 aromatic carbocycles. The van der Waals surface area contributed by atoms with E-state index in [9.17, 15) is 14.7 Å². The zero-order valence-corrected chi connectivity index (χ0v) is 19.2. The summed E-state index contributed by atoms with van der Waals surface area (Å²) in [6.07, 6.45) is 0.0293. The number of aliphatic hydroxyl groups is 1. The van der Waals surface area contributed by atoms with Gasteiger partial charge in [-0.2, -0.15) is 0 Å². The van der Waals surface area contributed by atoms with Crippen LogP contribution in [0.3, 0.4) is 0 Å². The predicted molar refractivity (Wildman–Crippen MR) is 123 cm³/mol. The molecule has 2 aromatic rings. The van der Waals surface area contributed by atoms with Gasteiger partial charge in [-0.25, -0.2) is 0 Å². The highest BCUT2D eigenvalue weighted by atomic mass is 16.5. The normalized spacial score (nSPS) is 18.0. The van der Waals surface area contributed by atoms with Gasteiger partial charge in [-0.3, -0.25) is 9.59 Å². The van der Waals surface area contributed by atoms with Gasteiger partial charge >= 0.3 is 0 Å². The third-order valence-corrected chi connectivity index (χ3v) is 5.26. The predicted octanol–water partition coefficient (Wildman–Crippen LogP) is 3.47. The number of hydrogen-bond acceptors (Lipinski definition) is 6. The van der Waals surface area contributed by atoms with E-state index in [1.54, 1.807) is 31.4 Å². The summed E-state index contributed by atoms with van der Waals surface area (Å²) in [6, 6.07) is 13.3. The molecule has 0 bridgehead atoms. The Morgan fingerprint density at radius 1 is 1.03 bits per heavy atom. The molecule has 0 radical (unpaired) electrons. The summed E-state index contributed by atoms with van der Waals surface area (Å²) in [7, 11) is 5.36. The van der Waals surface area contributed by atoms with Crippen LogP contribution >= 0.6 is 0 Å². The fraction of sp³-hybridized carbons (Fsp3) is 0.360. The summed E-state index contributed by atoms with van der Waals surface area (Å²) >= 11 is 0. The minimum absolute atomic E-state index is 0.0293. The second kappa shape index (κ2) is 9.87. The monoisotopic (exact) mass is 438 g/mol. The van der Waals surface area contributed by atoms with E-state index >= 15 is 0 Å². The lowest BCUT2D eigenvalue weighted by molar-refractivity contribution is -0.140. The van der Waals surface area contributed by atoms with Crippen LogP contribution in [0.5, 0.6) is 11.5 Å². The van der Waals surface area contributed by atoms with Gasteiger partial charge in [0.25, 0.3) is 11.7 Å². The molecule has 7 nitrogen and oxygen atoms in total. The van der Waals surface area contributed by atoms with E-state index in [2.05, 4.69) is 0 Å². The van der Waals surface area contributed by atoms with Crippen LogP contribution in [0.2, 0.25) is 0 Å². The first kappa shape index (κ1) is 23.3. The molecule has 1 atom stereocenters. The minimum Gasteiger partial charge on any atom is -0.507 e. The van der Waals surface area contributed by atoms with Crippen molar-refractivity contribution in [1.29, 1.82) is 0 Å².